The molecular weight excluding hydrogens is 337 g/mol. The summed E-state index contributed by atoms with van der Waals surface area (Å²) in [5.41, 5.74) is 0.906. The van der Waals surface area contributed by atoms with Crippen LogP contribution in [0.25, 0.3) is 5.65 Å². The molecule has 0 aromatic carbocycles. The fraction of sp³-hybridized carbons (Fsp3) is 0.333. The number of aromatic nitrogens is 4. The van der Waals surface area contributed by atoms with Crippen LogP contribution >= 0.6 is 0 Å². The van der Waals surface area contributed by atoms with Crippen molar-refractivity contribution < 1.29 is 9.18 Å². The van der Waals surface area contributed by atoms with Gasteiger partial charge >= 0.3 is 5.56 Å². The number of nitrogens with one attached hydrogen (secondary N) is 1. The topological polar surface area (TPSA) is 83.4 Å². The van der Waals surface area contributed by atoms with Crippen LogP contribution in [0.4, 0.5) is 4.39 Å². The van der Waals surface area contributed by atoms with Gasteiger partial charge in [0.2, 0.25) is 5.82 Å². The molecule has 0 saturated carbocycles. The number of pyridine rings is 1. The van der Waals surface area contributed by atoms with Crippen molar-refractivity contribution in [3.05, 3.63) is 63.7 Å². The van der Waals surface area contributed by atoms with E-state index >= 15 is 0 Å². The van der Waals surface area contributed by atoms with E-state index in [-0.39, 0.29) is 17.6 Å². The number of piperidine rings is 1. The van der Waals surface area contributed by atoms with Crippen molar-refractivity contribution in [1.29, 1.82) is 0 Å². The summed E-state index contributed by atoms with van der Waals surface area (Å²) in [5, 5.41) is 2.93. The summed E-state index contributed by atoms with van der Waals surface area (Å²) >= 11 is 0. The van der Waals surface area contributed by atoms with Crippen molar-refractivity contribution in [1.82, 2.24) is 24.5 Å². The molecule has 134 valence electrons. The summed E-state index contributed by atoms with van der Waals surface area (Å²) in [7, 11) is 0. The molecule has 0 radical (unpaired) electrons. The Kier molecular flexibility index (Phi) is 4.02. The maximum atomic E-state index is 13.9. The molecule has 1 atom stereocenters. The summed E-state index contributed by atoms with van der Waals surface area (Å²) in [5.74, 6) is -0.956. The van der Waals surface area contributed by atoms with Crippen molar-refractivity contribution in [2.24, 2.45) is 0 Å². The zero-order valence-electron chi connectivity index (χ0n) is 14.3. The molecule has 4 rings (SSSR count). The van der Waals surface area contributed by atoms with Crippen LogP contribution in [0.3, 0.4) is 0 Å². The van der Waals surface area contributed by atoms with Gasteiger partial charge in [-0.15, -0.1) is 0 Å². The first-order valence-electron chi connectivity index (χ1n) is 8.55. The van der Waals surface area contributed by atoms with Crippen LogP contribution in [-0.2, 0) is 0 Å². The second-order valence-electron chi connectivity index (χ2n) is 6.47. The van der Waals surface area contributed by atoms with Crippen LogP contribution < -0.4 is 5.56 Å². The molecule has 0 spiro atoms. The number of nitrogens with zero attached hydrogens (tertiary/aromatic N) is 4. The van der Waals surface area contributed by atoms with Crippen LogP contribution in [0.5, 0.6) is 0 Å². The predicted molar refractivity (Wildman–Crippen MR) is 92.4 cm³/mol. The standard InChI is InChI=1S/C18H18FN5O2/c1-11-16(19)18(26)24-15(21-11)10-13(22-24)14-4-2-3-9-23(14)17(25)12-5-7-20-8-6-12/h5-8,10,14,22H,2-4,9H2,1H3/t14-/m1/s1. The molecule has 3 aromatic rings. The van der Waals surface area contributed by atoms with Crippen molar-refractivity contribution in [3.8, 4) is 0 Å². The third-order valence-corrected chi connectivity index (χ3v) is 4.80. The Bertz CT molecular complexity index is 1030. The molecular formula is C18H18FN5O2. The zero-order valence-corrected chi connectivity index (χ0v) is 14.3. The Hall–Kier alpha value is -3.03. The van der Waals surface area contributed by atoms with Crippen LogP contribution in [0.15, 0.2) is 35.4 Å². The predicted octanol–water partition coefficient (Wildman–Crippen LogP) is 2.23. The Morgan fingerprint density at radius 2 is 2.08 bits per heavy atom. The van der Waals surface area contributed by atoms with Gasteiger partial charge in [-0.2, -0.15) is 8.91 Å². The van der Waals surface area contributed by atoms with Crippen molar-refractivity contribution in [3.63, 3.8) is 0 Å². The number of aromatic amines is 1. The van der Waals surface area contributed by atoms with Gasteiger partial charge in [0.25, 0.3) is 5.91 Å². The highest BCUT2D eigenvalue weighted by atomic mass is 19.1. The highest BCUT2D eigenvalue weighted by Crippen LogP contribution is 2.31. The molecule has 7 nitrogen and oxygen atoms in total. The molecule has 0 unspecified atom stereocenters. The molecule has 4 heterocycles. The maximum Gasteiger partial charge on any atom is 0.308 e. The molecule has 1 aliphatic rings. The minimum Gasteiger partial charge on any atom is -0.330 e. The lowest BCUT2D eigenvalue weighted by molar-refractivity contribution is 0.0605. The number of H-pyrrole nitrogens is 1. The fourth-order valence-electron chi connectivity index (χ4n) is 3.46. The second kappa shape index (κ2) is 6.36. The summed E-state index contributed by atoms with van der Waals surface area (Å²) in [6.45, 7) is 2.08. The molecule has 3 aromatic heterocycles. The first kappa shape index (κ1) is 16.4. The van der Waals surface area contributed by atoms with Crippen molar-refractivity contribution in [2.45, 2.75) is 32.2 Å². The molecule has 0 bridgehead atoms. The molecule has 1 fully saturated rings. The van der Waals surface area contributed by atoms with Gasteiger partial charge in [0.1, 0.15) is 0 Å². The monoisotopic (exact) mass is 355 g/mol. The van der Waals surface area contributed by atoms with Gasteiger partial charge in [-0.3, -0.25) is 19.7 Å². The highest BCUT2D eigenvalue weighted by molar-refractivity contribution is 5.94. The fourth-order valence-corrected chi connectivity index (χ4v) is 3.46. The number of carbonyl (C=O) groups excluding carboxylic acids is 1. The first-order valence-corrected chi connectivity index (χ1v) is 8.55. The molecule has 1 N–H and O–H groups in total. The Labute approximate surface area is 148 Å². The van der Waals surface area contributed by atoms with E-state index in [1.54, 1.807) is 35.5 Å². The van der Waals surface area contributed by atoms with Crippen LogP contribution in [0.1, 0.15) is 47.1 Å². The first-order chi connectivity index (χ1) is 12.6. The van der Waals surface area contributed by atoms with Gasteiger partial charge in [0.15, 0.2) is 5.65 Å². The minimum atomic E-state index is -0.871. The Morgan fingerprint density at radius 1 is 1.31 bits per heavy atom. The highest BCUT2D eigenvalue weighted by Gasteiger charge is 2.30. The van der Waals surface area contributed by atoms with Gasteiger partial charge < -0.3 is 4.90 Å². The van der Waals surface area contributed by atoms with Gasteiger partial charge in [-0.25, -0.2) is 4.98 Å². The number of hydrogen-bond donors (Lipinski definition) is 1. The lowest BCUT2D eigenvalue weighted by Gasteiger charge is -2.35. The molecule has 8 heteroatoms. The molecule has 1 aliphatic heterocycles. The van der Waals surface area contributed by atoms with Gasteiger partial charge in [-0.1, -0.05) is 0 Å². The van der Waals surface area contributed by atoms with Gasteiger partial charge in [0.05, 0.1) is 17.4 Å². The van der Waals surface area contributed by atoms with E-state index in [1.165, 1.54) is 6.92 Å². The van der Waals surface area contributed by atoms with Crippen molar-refractivity contribution in [2.75, 3.05) is 6.54 Å². The number of aryl methyl sites for hydroxylation is 1. The maximum absolute atomic E-state index is 13.9. The van der Waals surface area contributed by atoms with Gasteiger partial charge in [-0.05, 0) is 38.3 Å². The quantitative estimate of drug-likeness (QED) is 0.764. The van der Waals surface area contributed by atoms with Crippen LogP contribution in [-0.4, -0.2) is 36.9 Å². The summed E-state index contributed by atoms with van der Waals surface area (Å²) in [6, 6.07) is 4.87. The van der Waals surface area contributed by atoms with Gasteiger partial charge in [0, 0.05) is 30.6 Å². The minimum absolute atomic E-state index is 0.0638. The third kappa shape index (κ3) is 2.67. The third-order valence-electron chi connectivity index (χ3n) is 4.80. The van der Waals surface area contributed by atoms with Crippen molar-refractivity contribution >= 4 is 11.6 Å². The SMILES string of the molecule is Cc1nc2cc([C@H]3CCCCN3C(=O)c3ccncc3)[nH]n2c(=O)c1F. The lowest BCUT2D eigenvalue weighted by Crippen LogP contribution is -2.38. The average molecular weight is 355 g/mol. The normalized spacial score (nSPS) is 17.6. The number of carbonyl (C=O) groups is 1. The van der Waals surface area contributed by atoms with E-state index in [2.05, 4.69) is 15.1 Å². The van der Waals surface area contributed by atoms with E-state index in [9.17, 15) is 14.0 Å². The summed E-state index contributed by atoms with van der Waals surface area (Å²) in [6.07, 6.45) is 5.82. The molecule has 26 heavy (non-hydrogen) atoms. The lowest BCUT2D eigenvalue weighted by atomic mass is 9.98. The van der Waals surface area contributed by atoms with E-state index in [0.29, 0.717) is 23.4 Å². The molecule has 1 amide bonds. The van der Waals surface area contributed by atoms with Crippen LogP contribution in [0, 0.1) is 12.7 Å². The zero-order chi connectivity index (χ0) is 18.3. The van der Waals surface area contributed by atoms with E-state index in [0.717, 1.165) is 23.8 Å². The van der Waals surface area contributed by atoms with E-state index < -0.39 is 11.4 Å². The Balaban J connectivity index is 1.75. The number of hydrogen-bond acceptors (Lipinski definition) is 4. The summed E-state index contributed by atoms with van der Waals surface area (Å²) in [4.78, 5) is 34.9. The number of rotatable bonds is 2. The Morgan fingerprint density at radius 3 is 2.85 bits per heavy atom. The molecule has 0 aliphatic carbocycles. The molecule has 1 saturated heterocycles. The second-order valence-corrected chi connectivity index (χ2v) is 6.47. The largest absolute Gasteiger partial charge is 0.330 e. The number of halogens is 1. The number of amides is 1. The average Bonchev–Trinajstić information content (AvgIpc) is 3.10. The van der Waals surface area contributed by atoms with Crippen LogP contribution in [0.2, 0.25) is 0 Å². The van der Waals surface area contributed by atoms with E-state index in [1.807, 2.05) is 0 Å². The number of fused-ring (bicyclic) bond motifs is 1. The summed E-state index contributed by atoms with van der Waals surface area (Å²) < 4.78 is 15.0. The number of likely N-dealkylation sites (tertiary alicyclic amines) is 1. The smallest absolute Gasteiger partial charge is 0.308 e. The van der Waals surface area contributed by atoms with E-state index in [4.69, 9.17) is 0 Å².